The van der Waals surface area contributed by atoms with Gasteiger partial charge in [-0.1, -0.05) is 22.2 Å². The molecule has 0 aliphatic heterocycles. The van der Waals surface area contributed by atoms with Gasteiger partial charge in [0.15, 0.2) is 0 Å². The van der Waals surface area contributed by atoms with Crippen LogP contribution in [-0.2, 0) is 24.8 Å². The van der Waals surface area contributed by atoms with Crippen molar-refractivity contribution in [2.75, 3.05) is 0 Å². The SMILES string of the molecule is Cc1ccc(S(=O)(=O)Oc2ccc(S([O])(=O)=O)cc2)cc1. The highest BCUT2D eigenvalue weighted by molar-refractivity contribution is 7.87. The summed E-state index contributed by atoms with van der Waals surface area (Å²) >= 11 is 0. The first-order valence-electron chi connectivity index (χ1n) is 5.76. The highest BCUT2D eigenvalue weighted by atomic mass is 32.2. The molecular formula is C13H11O6S2. The molecule has 0 amide bonds. The van der Waals surface area contributed by atoms with Gasteiger partial charge in [0.2, 0.25) is 0 Å². The summed E-state index contributed by atoms with van der Waals surface area (Å²) in [4.78, 5) is -0.476. The summed E-state index contributed by atoms with van der Waals surface area (Å²) in [5.74, 6) is -0.0806. The van der Waals surface area contributed by atoms with Crippen molar-refractivity contribution in [3.05, 3.63) is 54.1 Å². The second-order valence-corrected chi connectivity index (χ2v) is 7.20. The van der Waals surface area contributed by atoms with Crippen molar-refractivity contribution < 1.29 is 25.6 Å². The number of rotatable bonds is 4. The predicted molar refractivity (Wildman–Crippen MR) is 73.3 cm³/mol. The highest BCUT2D eigenvalue weighted by Crippen LogP contribution is 2.21. The maximum absolute atomic E-state index is 12.0. The zero-order valence-corrected chi connectivity index (χ0v) is 12.5. The van der Waals surface area contributed by atoms with E-state index in [1.54, 1.807) is 12.1 Å². The van der Waals surface area contributed by atoms with Crippen LogP contribution in [0.1, 0.15) is 5.56 Å². The Hall–Kier alpha value is -1.90. The molecule has 2 aromatic rings. The quantitative estimate of drug-likeness (QED) is 0.799. The molecule has 0 atom stereocenters. The van der Waals surface area contributed by atoms with Crippen molar-refractivity contribution in [2.24, 2.45) is 0 Å². The van der Waals surface area contributed by atoms with E-state index in [-0.39, 0.29) is 10.6 Å². The highest BCUT2D eigenvalue weighted by Gasteiger charge is 2.17. The third-order valence-corrected chi connectivity index (χ3v) is 4.74. The monoisotopic (exact) mass is 327 g/mol. The lowest BCUT2D eigenvalue weighted by Crippen LogP contribution is -2.09. The molecule has 0 aromatic heterocycles. The summed E-state index contributed by atoms with van der Waals surface area (Å²) < 4.78 is 61.2. The fraction of sp³-hybridized carbons (Fsp3) is 0.0769. The molecule has 0 aliphatic rings. The van der Waals surface area contributed by atoms with Gasteiger partial charge in [0.1, 0.15) is 10.6 Å². The van der Waals surface area contributed by atoms with Crippen LogP contribution in [0.4, 0.5) is 0 Å². The Morgan fingerprint density at radius 1 is 0.762 bits per heavy atom. The second kappa shape index (κ2) is 5.47. The number of benzene rings is 2. The predicted octanol–water partition coefficient (Wildman–Crippen LogP) is 1.88. The molecule has 0 heterocycles. The first kappa shape index (κ1) is 15.5. The second-order valence-electron chi connectivity index (χ2n) is 4.28. The molecule has 2 rings (SSSR count). The van der Waals surface area contributed by atoms with E-state index in [0.717, 1.165) is 29.8 Å². The van der Waals surface area contributed by atoms with Crippen LogP contribution in [0.2, 0.25) is 0 Å². The van der Waals surface area contributed by atoms with Gasteiger partial charge in [-0.05, 0) is 43.3 Å². The van der Waals surface area contributed by atoms with E-state index in [1.807, 2.05) is 6.92 Å². The van der Waals surface area contributed by atoms with Crippen molar-refractivity contribution >= 4 is 20.2 Å². The van der Waals surface area contributed by atoms with Crippen LogP contribution in [-0.4, -0.2) is 16.8 Å². The summed E-state index contributed by atoms with van der Waals surface area (Å²) in [6.07, 6.45) is 0. The molecule has 8 heteroatoms. The maximum Gasteiger partial charge on any atom is 0.339 e. The third kappa shape index (κ3) is 3.81. The minimum absolute atomic E-state index is 0.0198. The first-order valence-corrected chi connectivity index (χ1v) is 8.57. The average molecular weight is 327 g/mol. The molecule has 0 saturated heterocycles. The van der Waals surface area contributed by atoms with Gasteiger partial charge in [-0.3, -0.25) is 0 Å². The Balaban J connectivity index is 2.27. The van der Waals surface area contributed by atoms with Gasteiger partial charge in [0.05, 0.1) is 4.90 Å². The van der Waals surface area contributed by atoms with E-state index in [2.05, 4.69) is 0 Å². The van der Waals surface area contributed by atoms with Gasteiger partial charge in [-0.2, -0.15) is 16.8 Å². The standard InChI is InChI=1S/C13H11O6S2/c1-10-2-6-13(7-3-10)21(17,18)19-11-4-8-12(9-5-11)20(14,15)16/h2-9H,1H3. The van der Waals surface area contributed by atoms with Crippen LogP contribution in [0.5, 0.6) is 5.75 Å². The Morgan fingerprint density at radius 2 is 1.24 bits per heavy atom. The molecule has 111 valence electrons. The summed E-state index contributed by atoms with van der Waals surface area (Å²) in [7, 11) is -8.58. The van der Waals surface area contributed by atoms with Crippen LogP contribution >= 0.6 is 0 Å². The average Bonchev–Trinajstić information content (AvgIpc) is 2.38. The lowest BCUT2D eigenvalue weighted by Gasteiger charge is -2.07. The van der Waals surface area contributed by atoms with Gasteiger partial charge < -0.3 is 4.18 Å². The van der Waals surface area contributed by atoms with Crippen LogP contribution in [0.25, 0.3) is 0 Å². The van der Waals surface area contributed by atoms with E-state index in [9.17, 15) is 21.4 Å². The Bertz CT molecular complexity index is 835. The van der Waals surface area contributed by atoms with Crippen molar-refractivity contribution in [1.82, 2.24) is 0 Å². The molecule has 6 nitrogen and oxygen atoms in total. The summed E-state index contributed by atoms with van der Waals surface area (Å²) in [6, 6.07) is 10.3. The number of hydrogen-bond acceptors (Lipinski definition) is 5. The van der Waals surface area contributed by atoms with E-state index >= 15 is 0 Å². The van der Waals surface area contributed by atoms with Crippen LogP contribution in [0.15, 0.2) is 58.3 Å². The number of aryl methyl sites for hydroxylation is 1. The molecule has 0 saturated carbocycles. The van der Waals surface area contributed by atoms with Gasteiger partial charge in [0, 0.05) is 0 Å². The zero-order valence-electron chi connectivity index (χ0n) is 10.9. The number of hydrogen-bond donors (Lipinski definition) is 0. The minimum atomic E-state index is -4.58. The smallest absolute Gasteiger partial charge is 0.339 e. The van der Waals surface area contributed by atoms with Crippen molar-refractivity contribution in [2.45, 2.75) is 16.7 Å². The van der Waals surface area contributed by atoms with Crippen molar-refractivity contribution in [3.63, 3.8) is 0 Å². The van der Waals surface area contributed by atoms with Crippen LogP contribution in [0.3, 0.4) is 0 Å². The summed E-state index contributed by atoms with van der Waals surface area (Å²) in [6.45, 7) is 1.82. The largest absolute Gasteiger partial charge is 0.379 e. The fourth-order valence-electron chi connectivity index (χ4n) is 1.54. The Morgan fingerprint density at radius 3 is 1.71 bits per heavy atom. The topological polar surface area (TPSA) is 97.4 Å². The molecule has 1 radical (unpaired) electrons. The lowest BCUT2D eigenvalue weighted by atomic mass is 10.2. The first-order chi connectivity index (χ1) is 9.68. The van der Waals surface area contributed by atoms with Gasteiger partial charge in [-0.15, -0.1) is 0 Å². The summed E-state index contributed by atoms with van der Waals surface area (Å²) in [5.41, 5.74) is 0.902. The maximum atomic E-state index is 12.0. The van der Waals surface area contributed by atoms with E-state index < -0.39 is 25.1 Å². The molecule has 2 aromatic carbocycles. The van der Waals surface area contributed by atoms with Crippen molar-refractivity contribution in [1.29, 1.82) is 0 Å². The van der Waals surface area contributed by atoms with E-state index in [1.165, 1.54) is 12.1 Å². The summed E-state index contributed by atoms with van der Waals surface area (Å²) in [5, 5.41) is 0. The molecule has 0 bridgehead atoms. The molecule has 0 N–H and O–H groups in total. The lowest BCUT2D eigenvalue weighted by molar-refractivity contribution is 0.414. The molecular weight excluding hydrogens is 316 g/mol. The van der Waals surface area contributed by atoms with E-state index in [4.69, 9.17) is 4.18 Å². The Kier molecular flexibility index (Phi) is 4.04. The molecule has 0 aliphatic carbocycles. The third-order valence-electron chi connectivity index (χ3n) is 2.63. The fourth-order valence-corrected chi connectivity index (χ4v) is 2.94. The van der Waals surface area contributed by atoms with Gasteiger partial charge in [0.25, 0.3) is 0 Å². The van der Waals surface area contributed by atoms with Crippen LogP contribution < -0.4 is 4.18 Å². The minimum Gasteiger partial charge on any atom is -0.379 e. The van der Waals surface area contributed by atoms with Crippen LogP contribution in [0, 0.1) is 6.92 Å². The molecule has 21 heavy (non-hydrogen) atoms. The molecule has 0 fully saturated rings. The Labute approximate surface area is 122 Å². The molecule has 0 unspecified atom stereocenters. The van der Waals surface area contributed by atoms with E-state index in [0.29, 0.717) is 0 Å². The zero-order chi connectivity index (χ0) is 15.7. The van der Waals surface area contributed by atoms with Crippen molar-refractivity contribution in [3.8, 4) is 5.75 Å². The normalized spacial score (nSPS) is 12.1. The molecule has 0 spiro atoms. The van der Waals surface area contributed by atoms with Gasteiger partial charge in [-0.25, -0.2) is 0 Å². The van der Waals surface area contributed by atoms with Gasteiger partial charge >= 0.3 is 20.2 Å².